The molecular formula is C17H14F4N2O2S. The van der Waals surface area contributed by atoms with Crippen LogP contribution in [0.4, 0.5) is 17.6 Å². The summed E-state index contributed by atoms with van der Waals surface area (Å²) in [6.07, 6.45) is -3.67. The molecule has 0 bridgehead atoms. The summed E-state index contributed by atoms with van der Waals surface area (Å²) < 4.78 is 75.4. The van der Waals surface area contributed by atoms with Gasteiger partial charge in [-0.1, -0.05) is 18.2 Å². The zero-order valence-electron chi connectivity index (χ0n) is 13.3. The maximum Gasteiger partial charge on any atom is 0.392 e. The van der Waals surface area contributed by atoms with E-state index < -0.39 is 27.9 Å². The maximum atomic E-state index is 13.2. The number of primary sulfonamides is 1. The van der Waals surface area contributed by atoms with Crippen LogP contribution in [0.1, 0.15) is 24.0 Å². The van der Waals surface area contributed by atoms with Gasteiger partial charge in [0.2, 0.25) is 0 Å². The highest BCUT2D eigenvalue weighted by Crippen LogP contribution is 2.48. The molecule has 0 saturated heterocycles. The predicted octanol–water partition coefficient (Wildman–Crippen LogP) is 3.75. The number of aromatic nitrogens is 1. The average molecular weight is 386 g/mol. The number of allylic oxidation sites excluding steroid dienone is 2. The standard InChI is InChI=1S/C17H14F4N2O2S/c18-13-4-1-10(2-5-13)14-7-12(17(19,20)21)8-15(14)11-3-6-16(23-9-11)26(22,24)25/h1-6,9,12H,7-8H2,(H2,22,24,25). The van der Waals surface area contributed by atoms with E-state index in [0.29, 0.717) is 22.3 Å². The third-order valence-electron chi connectivity index (χ3n) is 4.30. The molecule has 1 aromatic heterocycles. The van der Waals surface area contributed by atoms with Gasteiger partial charge in [-0.3, -0.25) is 0 Å². The minimum atomic E-state index is -4.37. The van der Waals surface area contributed by atoms with Crippen molar-refractivity contribution in [3.63, 3.8) is 0 Å². The van der Waals surface area contributed by atoms with Crippen molar-refractivity contribution in [3.05, 3.63) is 59.5 Å². The van der Waals surface area contributed by atoms with Gasteiger partial charge in [0.25, 0.3) is 10.0 Å². The first-order valence-electron chi connectivity index (χ1n) is 7.59. The Kier molecular flexibility index (Phi) is 4.61. The molecule has 0 saturated carbocycles. The lowest BCUT2D eigenvalue weighted by Gasteiger charge is -2.14. The Morgan fingerprint density at radius 1 is 0.962 bits per heavy atom. The topological polar surface area (TPSA) is 73.1 Å². The number of nitrogens with two attached hydrogens (primary N) is 1. The van der Waals surface area contributed by atoms with Crippen molar-refractivity contribution in [1.82, 2.24) is 4.98 Å². The van der Waals surface area contributed by atoms with Crippen molar-refractivity contribution in [2.24, 2.45) is 11.1 Å². The third-order valence-corrected chi connectivity index (χ3v) is 5.12. The Labute approximate surface area is 147 Å². The van der Waals surface area contributed by atoms with Gasteiger partial charge >= 0.3 is 6.18 Å². The van der Waals surface area contributed by atoms with Crippen LogP contribution in [-0.4, -0.2) is 19.6 Å². The molecule has 9 heteroatoms. The summed E-state index contributed by atoms with van der Waals surface area (Å²) in [4.78, 5) is 3.74. The van der Waals surface area contributed by atoms with Crippen molar-refractivity contribution in [3.8, 4) is 0 Å². The van der Waals surface area contributed by atoms with Gasteiger partial charge in [-0.05, 0) is 53.3 Å². The summed E-state index contributed by atoms with van der Waals surface area (Å²) in [5, 5.41) is 4.62. The van der Waals surface area contributed by atoms with E-state index in [1.807, 2.05) is 0 Å². The zero-order chi connectivity index (χ0) is 19.1. The van der Waals surface area contributed by atoms with E-state index in [1.54, 1.807) is 0 Å². The summed E-state index contributed by atoms with van der Waals surface area (Å²) >= 11 is 0. The predicted molar refractivity (Wildman–Crippen MR) is 87.6 cm³/mol. The SMILES string of the molecule is NS(=O)(=O)c1ccc(C2=C(c3ccc(F)cc3)CC(C(F)(F)F)C2)cn1. The second kappa shape index (κ2) is 6.48. The molecule has 1 aromatic carbocycles. The molecule has 0 amide bonds. The largest absolute Gasteiger partial charge is 0.392 e. The summed E-state index contributed by atoms with van der Waals surface area (Å²) in [6.45, 7) is 0. The van der Waals surface area contributed by atoms with Gasteiger partial charge in [0.1, 0.15) is 5.82 Å². The molecule has 1 aliphatic rings. The summed E-state index contributed by atoms with van der Waals surface area (Å²) in [5.74, 6) is -2.05. The van der Waals surface area contributed by atoms with Crippen molar-refractivity contribution >= 4 is 21.2 Å². The Balaban J connectivity index is 2.06. The molecule has 138 valence electrons. The van der Waals surface area contributed by atoms with E-state index in [1.165, 1.54) is 36.5 Å². The van der Waals surface area contributed by atoms with Crippen LogP contribution in [0.15, 0.2) is 47.6 Å². The molecule has 0 radical (unpaired) electrons. The van der Waals surface area contributed by atoms with E-state index in [0.717, 1.165) is 6.07 Å². The van der Waals surface area contributed by atoms with Gasteiger partial charge in [0.05, 0.1) is 5.92 Å². The van der Waals surface area contributed by atoms with E-state index in [9.17, 15) is 26.0 Å². The molecular weight excluding hydrogens is 372 g/mol. The lowest BCUT2D eigenvalue weighted by Crippen LogP contribution is -2.20. The molecule has 0 aliphatic heterocycles. The van der Waals surface area contributed by atoms with E-state index in [4.69, 9.17) is 5.14 Å². The van der Waals surface area contributed by atoms with Crippen molar-refractivity contribution < 1.29 is 26.0 Å². The number of nitrogens with zero attached hydrogens (tertiary/aromatic N) is 1. The van der Waals surface area contributed by atoms with Gasteiger partial charge < -0.3 is 0 Å². The lowest BCUT2D eigenvalue weighted by molar-refractivity contribution is -0.170. The first kappa shape index (κ1) is 18.5. The van der Waals surface area contributed by atoms with Crippen LogP contribution in [-0.2, 0) is 10.0 Å². The second-order valence-electron chi connectivity index (χ2n) is 6.04. The average Bonchev–Trinajstić information content (AvgIpc) is 3.00. The number of sulfonamides is 1. The molecule has 2 N–H and O–H groups in total. The van der Waals surface area contributed by atoms with Crippen LogP contribution in [0.3, 0.4) is 0 Å². The Hall–Kier alpha value is -2.26. The van der Waals surface area contributed by atoms with Crippen molar-refractivity contribution in [2.45, 2.75) is 24.0 Å². The van der Waals surface area contributed by atoms with Gasteiger partial charge in [-0.25, -0.2) is 22.9 Å². The molecule has 1 aliphatic carbocycles. The third kappa shape index (κ3) is 3.78. The van der Waals surface area contributed by atoms with E-state index in [-0.39, 0.29) is 17.9 Å². The van der Waals surface area contributed by atoms with Crippen LogP contribution in [0.5, 0.6) is 0 Å². The molecule has 1 atom stereocenters. The second-order valence-corrected chi connectivity index (χ2v) is 7.55. The normalized spacial score (nSPS) is 18.4. The molecule has 1 heterocycles. The Morgan fingerprint density at radius 2 is 1.50 bits per heavy atom. The minimum absolute atomic E-state index is 0.235. The van der Waals surface area contributed by atoms with Crippen LogP contribution in [0.25, 0.3) is 11.1 Å². The zero-order valence-corrected chi connectivity index (χ0v) is 14.1. The molecule has 0 fully saturated rings. The molecule has 0 spiro atoms. The fourth-order valence-corrected chi connectivity index (χ4v) is 3.46. The van der Waals surface area contributed by atoms with E-state index in [2.05, 4.69) is 4.98 Å². The molecule has 1 unspecified atom stereocenters. The highest BCUT2D eigenvalue weighted by Gasteiger charge is 2.44. The first-order valence-corrected chi connectivity index (χ1v) is 9.14. The van der Waals surface area contributed by atoms with Gasteiger partial charge in [-0.15, -0.1) is 0 Å². The number of hydrogen-bond acceptors (Lipinski definition) is 3. The minimum Gasteiger partial charge on any atom is -0.243 e. The van der Waals surface area contributed by atoms with Crippen LogP contribution in [0.2, 0.25) is 0 Å². The van der Waals surface area contributed by atoms with Crippen LogP contribution in [0, 0.1) is 11.7 Å². The quantitative estimate of drug-likeness (QED) is 0.817. The van der Waals surface area contributed by atoms with Crippen LogP contribution >= 0.6 is 0 Å². The number of halogens is 4. The lowest BCUT2D eigenvalue weighted by atomic mass is 9.98. The smallest absolute Gasteiger partial charge is 0.243 e. The van der Waals surface area contributed by atoms with Gasteiger partial charge in [-0.2, -0.15) is 13.2 Å². The first-order chi connectivity index (χ1) is 12.1. The van der Waals surface area contributed by atoms with Crippen LogP contribution < -0.4 is 5.14 Å². The fourth-order valence-electron chi connectivity index (χ4n) is 3.01. The molecule has 2 aromatic rings. The maximum absolute atomic E-state index is 13.2. The Bertz CT molecular complexity index is 950. The van der Waals surface area contributed by atoms with E-state index >= 15 is 0 Å². The van der Waals surface area contributed by atoms with Gasteiger partial charge in [0.15, 0.2) is 5.03 Å². The highest BCUT2D eigenvalue weighted by atomic mass is 32.2. The molecule has 4 nitrogen and oxygen atoms in total. The fraction of sp³-hybridized carbons (Fsp3) is 0.235. The summed E-state index contributed by atoms with van der Waals surface area (Å²) in [7, 11) is -4.00. The monoisotopic (exact) mass is 386 g/mol. The molecule has 26 heavy (non-hydrogen) atoms. The number of rotatable bonds is 3. The number of hydrogen-bond donors (Lipinski definition) is 1. The van der Waals surface area contributed by atoms with Crippen molar-refractivity contribution in [1.29, 1.82) is 0 Å². The highest BCUT2D eigenvalue weighted by molar-refractivity contribution is 7.89. The summed E-state index contributed by atoms with van der Waals surface area (Å²) in [5.41, 5.74) is 1.72. The number of alkyl halides is 3. The van der Waals surface area contributed by atoms with Gasteiger partial charge in [0, 0.05) is 6.20 Å². The Morgan fingerprint density at radius 3 is 1.96 bits per heavy atom. The van der Waals surface area contributed by atoms with Crippen molar-refractivity contribution in [2.75, 3.05) is 0 Å². The number of pyridine rings is 1. The summed E-state index contributed by atoms with van der Waals surface area (Å²) in [6, 6.07) is 7.75. The molecule has 3 rings (SSSR count). The number of benzene rings is 1.